The monoisotopic (exact) mass is 263 g/mol. The van der Waals surface area contributed by atoms with Gasteiger partial charge in [-0.2, -0.15) is 0 Å². The van der Waals surface area contributed by atoms with E-state index in [2.05, 4.69) is 5.32 Å². The summed E-state index contributed by atoms with van der Waals surface area (Å²) in [6.07, 6.45) is 0.879. The van der Waals surface area contributed by atoms with Crippen molar-refractivity contribution in [2.75, 3.05) is 13.7 Å². The highest BCUT2D eigenvalue weighted by Gasteiger charge is 2.16. The fourth-order valence-corrected chi connectivity index (χ4v) is 2.17. The van der Waals surface area contributed by atoms with Crippen LogP contribution in [0.3, 0.4) is 0 Å². The molecule has 2 rings (SSSR count). The van der Waals surface area contributed by atoms with Crippen LogP contribution in [0.25, 0.3) is 11.0 Å². The Balaban J connectivity index is 2.25. The maximum atomic E-state index is 9.23. The predicted octanol–water partition coefficient (Wildman–Crippen LogP) is 2.86. The second-order valence-electron chi connectivity index (χ2n) is 4.70. The molecule has 0 saturated heterocycles. The number of hydrogen-bond acceptors (Lipinski definition) is 4. The van der Waals surface area contributed by atoms with E-state index in [9.17, 15) is 5.11 Å². The van der Waals surface area contributed by atoms with Gasteiger partial charge >= 0.3 is 0 Å². The molecule has 2 N–H and O–H groups in total. The number of fused-ring (bicyclic) bond motifs is 1. The van der Waals surface area contributed by atoms with Crippen LogP contribution in [-0.4, -0.2) is 24.9 Å². The van der Waals surface area contributed by atoms with E-state index in [-0.39, 0.29) is 18.7 Å². The van der Waals surface area contributed by atoms with Gasteiger partial charge in [-0.1, -0.05) is 19.1 Å². The molecule has 0 amide bonds. The molecule has 4 heteroatoms. The zero-order chi connectivity index (χ0) is 13.8. The van der Waals surface area contributed by atoms with Crippen LogP contribution in [0.15, 0.2) is 28.7 Å². The second kappa shape index (κ2) is 6.08. The SMILES string of the molecule is CC[C@H](CO)NC(C)c1cc2cccc(OC)c2o1. The van der Waals surface area contributed by atoms with Gasteiger partial charge in [0.25, 0.3) is 0 Å². The summed E-state index contributed by atoms with van der Waals surface area (Å²) in [5.74, 6) is 1.59. The molecular formula is C15H21NO3. The largest absolute Gasteiger partial charge is 0.493 e. The highest BCUT2D eigenvalue weighted by Crippen LogP contribution is 2.30. The van der Waals surface area contributed by atoms with Crippen molar-refractivity contribution in [2.45, 2.75) is 32.4 Å². The Morgan fingerprint density at radius 1 is 1.42 bits per heavy atom. The van der Waals surface area contributed by atoms with Gasteiger partial charge < -0.3 is 19.6 Å². The fourth-order valence-electron chi connectivity index (χ4n) is 2.17. The molecular weight excluding hydrogens is 242 g/mol. The van der Waals surface area contributed by atoms with Gasteiger partial charge in [0.05, 0.1) is 19.8 Å². The first-order valence-electron chi connectivity index (χ1n) is 6.63. The summed E-state index contributed by atoms with van der Waals surface area (Å²) in [5.41, 5.74) is 0.769. The normalized spacial score (nSPS) is 14.5. The van der Waals surface area contributed by atoms with E-state index in [0.29, 0.717) is 0 Å². The number of nitrogens with one attached hydrogen (secondary N) is 1. The Hall–Kier alpha value is -1.52. The molecule has 0 radical (unpaired) electrons. The van der Waals surface area contributed by atoms with Crippen LogP contribution in [0.4, 0.5) is 0 Å². The van der Waals surface area contributed by atoms with E-state index in [1.54, 1.807) is 7.11 Å². The average Bonchev–Trinajstić information content (AvgIpc) is 2.88. The van der Waals surface area contributed by atoms with E-state index < -0.39 is 0 Å². The molecule has 1 aromatic heterocycles. The Morgan fingerprint density at radius 2 is 2.21 bits per heavy atom. The number of aliphatic hydroxyl groups excluding tert-OH is 1. The first-order chi connectivity index (χ1) is 9.19. The molecule has 0 spiro atoms. The first-order valence-corrected chi connectivity index (χ1v) is 6.63. The maximum Gasteiger partial charge on any atom is 0.176 e. The van der Waals surface area contributed by atoms with Gasteiger partial charge in [-0.15, -0.1) is 0 Å². The van der Waals surface area contributed by atoms with Gasteiger partial charge in [-0.05, 0) is 25.5 Å². The maximum absolute atomic E-state index is 9.23. The summed E-state index contributed by atoms with van der Waals surface area (Å²) in [6, 6.07) is 7.98. The van der Waals surface area contributed by atoms with Crippen LogP contribution in [0, 0.1) is 0 Å². The Labute approximate surface area is 113 Å². The van der Waals surface area contributed by atoms with E-state index in [0.717, 1.165) is 28.9 Å². The molecule has 0 aliphatic carbocycles. The van der Waals surface area contributed by atoms with Crippen LogP contribution in [-0.2, 0) is 0 Å². The van der Waals surface area contributed by atoms with Crippen molar-refractivity contribution in [3.8, 4) is 5.75 Å². The van der Waals surface area contributed by atoms with Crippen LogP contribution in [0.1, 0.15) is 32.1 Å². The van der Waals surface area contributed by atoms with E-state index in [1.807, 2.05) is 38.1 Å². The number of rotatable bonds is 6. The van der Waals surface area contributed by atoms with Gasteiger partial charge in [0.15, 0.2) is 11.3 Å². The van der Waals surface area contributed by atoms with Crippen LogP contribution >= 0.6 is 0 Å². The molecule has 0 saturated carbocycles. The van der Waals surface area contributed by atoms with Gasteiger partial charge in [-0.3, -0.25) is 0 Å². The van der Waals surface area contributed by atoms with E-state index in [4.69, 9.17) is 9.15 Å². The predicted molar refractivity (Wildman–Crippen MR) is 75.5 cm³/mol. The van der Waals surface area contributed by atoms with Crippen LogP contribution < -0.4 is 10.1 Å². The van der Waals surface area contributed by atoms with Gasteiger partial charge in [0.2, 0.25) is 0 Å². The summed E-state index contributed by atoms with van der Waals surface area (Å²) in [7, 11) is 1.64. The van der Waals surface area contributed by atoms with Gasteiger partial charge in [0, 0.05) is 11.4 Å². The number of para-hydroxylation sites is 1. The fraction of sp³-hybridized carbons (Fsp3) is 0.467. The third-order valence-electron chi connectivity index (χ3n) is 3.37. The van der Waals surface area contributed by atoms with Crippen molar-refractivity contribution >= 4 is 11.0 Å². The van der Waals surface area contributed by atoms with Gasteiger partial charge in [0.1, 0.15) is 5.76 Å². The van der Waals surface area contributed by atoms with E-state index in [1.165, 1.54) is 0 Å². The molecule has 4 nitrogen and oxygen atoms in total. The third-order valence-corrected chi connectivity index (χ3v) is 3.37. The molecule has 104 valence electrons. The molecule has 0 aliphatic rings. The number of furan rings is 1. The zero-order valence-electron chi connectivity index (χ0n) is 11.6. The minimum Gasteiger partial charge on any atom is -0.493 e. The molecule has 0 aliphatic heterocycles. The third kappa shape index (κ3) is 2.91. The minimum atomic E-state index is 0.0502. The molecule has 1 heterocycles. The standard InChI is InChI=1S/C15H21NO3/c1-4-12(9-17)16-10(2)14-8-11-6-5-7-13(18-3)15(11)19-14/h5-8,10,12,16-17H,4,9H2,1-3H3/t10?,12-/m1/s1. The van der Waals surface area contributed by atoms with Crippen molar-refractivity contribution < 1.29 is 14.3 Å². The topological polar surface area (TPSA) is 54.6 Å². The Kier molecular flexibility index (Phi) is 4.45. The smallest absolute Gasteiger partial charge is 0.176 e. The summed E-state index contributed by atoms with van der Waals surface area (Å²) in [6.45, 7) is 4.20. The second-order valence-corrected chi connectivity index (χ2v) is 4.70. The molecule has 19 heavy (non-hydrogen) atoms. The summed E-state index contributed by atoms with van der Waals surface area (Å²) in [5, 5.41) is 13.6. The lowest BCUT2D eigenvalue weighted by molar-refractivity contribution is 0.225. The average molecular weight is 263 g/mol. The lowest BCUT2D eigenvalue weighted by Crippen LogP contribution is -2.33. The lowest BCUT2D eigenvalue weighted by atomic mass is 10.1. The lowest BCUT2D eigenvalue weighted by Gasteiger charge is -2.18. The highest BCUT2D eigenvalue weighted by atomic mass is 16.5. The summed E-state index contributed by atoms with van der Waals surface area (Å²) < 4.78 is 11.2. The van der Waals surface area contributed by atoms with E-state index >= 15 is 0 Å². The minimum absolute atomic E-state index is 0.0502. The highest BCUT2D eigenvalue weighted by molar-refractivity contribution is 5.83. The molecule has 2 aromatic rings. The molecule has 0 fully saturated rings. The Morgan fingerprint density at radius 3 is 2.84 bits per heavy atom. The molecule has 2 atom stereocenters. The number of ether oxygens (including phenoxy) is 1. The molecule has 0 bridgehead atoms. The van der Waals surface area contributed by atoms with Gasteiger partial charge in [-0.25, -0.2) is 0 Å². The zero-order valence-corrected chi connectivity index (χ0v) is 11.6. The molecule has 1 unspecified atom stereocenters. The van der Waals surface area contributed by atoms with Crippen LogP contribution in [0.5, 0.6) is 5.75 Å². The first kappa shape index (κ1) is 13.9. The van der Waals surface area contributed by atoms with Crippen molar-refractivity contribution in [3.05, 3.63) is 30.0 Å². The number of hydrogen-bond donors (Lipinski definition) is 2. The van der Waals surface area contributed by atoms with Crippen molar-refractivity contribution in [2.24, 2.45) is 0 Å². The number of benzene rings is 1. The number of methoxy groups -OCH3 is 1. The summed E-state index contributed by atoms with van der Waals surface area (Å²) >= 11 is 0. The summed E-state index contributed by atoms with van der Waals surface area (Å²) in [4.78, 5) is 0. The quantitative estimate of drug-likeness (QED) is 0.841. The Bertz CT molecular complexity index is 531. The van der Waals surface area contributed by atoms with Crippen LogP contribution in [0.2, 0.25) is 0 Å². The van der Waals surface area contributed by atoms with Crippen molar-refractivity contribution in [1.82, 2.24) is 5.32 Å². The molecule has 1 aromatic carbocycles. The number of aliphatic hydroxyl groups is 1. The van der Waals surface area contributed by atoms with Crippen molar-refractivity contribution in [3.63, 3.8) is 0 Å². The van der Waals surface area contributed by atoms with Crippen molar-refractivity contribution in [1.29, 1.82) is 0 Å².